The molecule has 0 aromatic heterocycles. The largest absolute Gasteiger partial charge is 0.462 e. The van der Waals surface area contributed by atoms with Gasteiger partial charge in [-0.05, 0) is 99.2 Å². The van der Waals surface area contributed by atoms with E-state index in [1.807, 2.05) is 6.92 Å². The molecule has 0 aliphatic heterocycles. The monoisotopic (exact) mass is 438 g/mol. The van der Waals surface area contributed by atoms with Crippen molar-refractivity contribution in [1.29, 1.82) is 0 Å². The summed E-state index contributed by atoms with van der Waals surface area (Å²) in [5, 5.41) is 0. The van der Waals surface area contributed by atoms with Gasteiger partial charge in [0, 0.05) is 12.8 Å². The second-order valence-corrected chi connectivity index (χ2v) is 12.2. The van der Waals surface area contributed by atoms with E-state index in [1.54, 1.807) is 5.57 Å². The minimum absolute atomic E-state index is 0.0360. The molecule has 3 saturated carbocycles. The molecule has 8 atom stereocenters. The summed E-state index contributed by atoms with van der Waals surface area (Å²) in [6, 6.07) is 0. The first-order valence-electron chi connectivity index (χ1n) is 13.4. The van der Waals surface area contributed by atoms with Gasteiger partial charge in [-0.15, -0.1) is 0 Å². The highest BCUT2D eigenvalue weighted by atomic mass is 16.5. The molecule has 0 amide bonds. The van der Waals surface area contributed by atoms with Crippen LogP contribution in [0.3, 0.4) is 0 Å². The molecule has 4 aliphatic carbocycles. The Kier molecular flexibility index (Phi) is 6.81. The molecule has 32 heavy (non-hydrogen) atoms. The summed E-state index contributed by atoms with van der Waals surface area (Å²) in [6.45, 7) is 13.9. The fourth-order valence-corrected chi connectivity index (χ4v) is 8.46. The maximum absolute atomic E-state index is 11.8. The maximum Gasteiger partial charge on any atom is 0.305 e. The lowest BCUT2D eigenvalue weighted by molar-refractivity contribution is -0.151. The van der Waals surface area contributed by atoms with Crippen molar-refractivity contribution >= 4 is 5.97 Å². The Labute approximate surface area is 197 Å². The Balaban J connectivity index is 1.50. The molecule has 4 aliphatic rings. The van der Waals surface area contributed by atoms with Gasteiger partial charge in [0.15, 0.2) is 0 Å². The number of rotatable bonds is 5. The van der Waals surface area contributed by atoms with Crippen molar-refractivity contribution in [3.05, 3.63) is 35.5 Å². The zero-order valence-electron chi connectivity index (χ0n) is 21.5. The molecule has 0 aromatic carbocycles. The van der Waals surface area contributed by atoms with Crippen LogP contribution in [-0.4, -0.2) is 12.1 Å². The highest BCUT2D eigenvalue weighted by Crippen LogP contribution is 2.67. The van der Waals surface area contributed by atoms with E-state index in [4.69, 9.17) is 4.74 Å². The van der Waals surface area contributed by atoms with E-state index in [0.29, 0.717) is 23.2 Å². The molecule has 0 N–H and O–H groups in total. The lowest BCUT2D eigenvalue weighted by Gasteiger charge is -2.58. The number of fused-ring (bicyclic) bond motifs is 5. The average Bonchev–Trinajstić information content (AvgIpc) is 3.11. The summed E-state index contributed by atoms with van der Waals surface area (Å²) in [7, 11) is 0. The van der Waals surface area contributed by atoms with Crippen LogP contribution in [0.1, 0.15) is 99.3 Å². The van der Waals surface area contributed by atoms with Gasteiger partial charge in [-0.2, -0.15) is 0 Å². The molecule has 0 unspecified atom stereocenters. The number of carbonyl (C=O) groups is 1. The highest BCUT2D eigenvalue weighted by molar-refractivity contribution is 5.69. The fourth-order valence-electron chi connectivity index (χ4n) is 8.46. The summed E-state index contributed by atoms with van der Waals surface area (Å²) in [5.41, 5.74) is 3.80. The van der Waals surface area contributed by atoms with E-state index in [9.17, 15) is 4.79 Å². The van der Waals surface area contributed by atoms with Crippen LogP contribution >= 0.6 is 0 Å². The van der Waals surface area contributed by atoms with Crippen molar-refractivity contribution in [2.75, 3.05) is 0 Å². The molecule has 3 fully saturated rings. The van der Waals surface area contributed by atoms with Gasteiger partial charge in [0.2, 0.25) is 0 Å². The molecule has 0 spiro atoms. The van der Waals surface area contributed by atoms with Gasteiger partial charge >= 0.3 is 5.97 Å². The minimum atomic E-state index is -0.0360. The predicted molar refractivity (Wildman–Crippen MR) is 133 cm³/mol. The first kappa shape index (κ1) is 23.8. The third kappa shape index (κ3) is 4.16. The smallest absolute Gasteiger partial charge is 0.305 e. The topological polar surface area (TPSA) is 26.3 Å². The zero-order chi connectivity index (χ0) is 23.1. The lowest BCUT2D eigenvalue weighted by Crippen LogP contribution is -2.51. The van der Waals surface area contributed by atoms with E-state index in [1.165, 1.54) is 44.1 Å². The predicted octanol–water partition coefficient (Wildman–Crippen LogP) is 8.05. The first-order valence-corrected chi connectivity index (χ1v) is 13.4. The van der Waals surface area contributed by atoms with Crippen molar-refractivity contribution < 1.29 is 9.53 Å². The number of ether oxygens (including phenoxy) is 1. The van der Waals surface area contributed by atoms with Crippen LogP contribution in [0.4, 0.5) is 0 Å². The Morgan fingerprint density at radius 3 is 2.66 bits per heavy atom. The summed E-state index contributed by atoms with van der Waals surface area (Å²) >= 11 is 0. The molecule has 0 saturated heterocycles. The fraction of sp³-hybridized carbons (Fsp3) is 0.767. The third-order valence-corrected chi connectivity index (χ3v) is 10.2. The van der Waals surface area contributed by atoms with Crippen molar-refractivity contribution in [2.24, 2.45) is 40.4 Å². The van der Waals surface area contributed by atoms with Gasteiger partial charge in [0.1, 0.15) is 6.10 Å². The average molecular weight is 439 g/mol. The van der Waals surface area contributed by atoms with Crippen LogP contribution in [0.2, 0.25) is 0 Å². The van der Waals surface area contributed by atoms with Crippen LogP contribution in [0.25, 0.3) is 0 Å². The Morgan fingerprint density at radius 1 is 1.16 bits per heavy atom. The molecule has 0 radical (unpaired) electrons. The van der Waals surface area contributed by atoms with Crippen LogP contribution in [0, 0.1) is 40.4 Å². The highest BCUT2D eigenvalue weighted by Gasteiger charge is 2.59. The second kappa shape index (κ2) is 9.15. The molecule has 178 valence electrons. The van der Waals surface area contributed by atoms with Gasteiger partial charge in [-0.25, -0.2) is 0 Å². The summed E-state index contributed by atoms with van der Waals surface area (Å²) in [4.78, 5) is 11.8. The molecule has 2 heteroatoms. The van der Waals surface area contributed by atoms with E-state index >= 15 is 0 Å². The zero-order valence-corrected chi connectivity index (χ0v) is 21.5. The van der Waals surface area contributed by atoms with Gasteiger partial charge in [-0.3, -0.25) is 4.79 Å². The van der Waals surface area contributed by atoms with E-state index < -0.39 is 0 Å². The van der Waals surface area contributed by atoms with Crippen LogP contribution < -0.4 is 0 Å². The Morgan fingerprint density at radius 2 is 1.94 bits per heavy atom. The number of hydrogen-bond acceptors (Lipinski definition) is 2. The summed E-state index contributed by atoms with van der Waals surface area (Å²) in [6.07, 6.45) is 20.2. The van der Waals surface area contributed by atoms with Crippen molar-refractivity contribution in [2.45, 2.75) is 105 Å². The molecule has 4 rings (SSSR count). The SMILES string of the molecule is CCC(=O)O[C@H]1CC[C@@]2(C)C(=CC[C@H]3[C@@H]4CC[C@H]([C@H](C)/C=C/C=C(C)C)[C@@]4(C)CC[C@@H]32)C1. The lowest BCUT2D eigenvalue weighted by atomic mass is 9.47. The molecule has 0 bridgehead atoms. The van der Waals surface area contributed by atoms with E-state index in [-0.39, 0.29) is 12.1 Å². The van der Waals surface area contributed by atoms with Crippen LogP contribution in [0.5, 0.6) is 0 Å². The van der Waals surface area contributed by atoms with Gasteiger partial charge in [0.05, 0.1) is 0 Å². The van der Waals surface area contributed by atoms with Crippen LogP contribution in [-0.2, 0) is 9.53 Å². The number of allylic oxidation sites excluding steroid dienone is 5. The van der Waals surface area contributed by atoms with Crippen molar-refractivity contribution in [3.63, 3.8) is 0 Å². The third-order valence-electron chi connectivity index (χ3n) is 10.2. The quantitative estimate of drug-likeness (QED) is 0.246. The number of esters is 1. The molecule has 0 aromatic rings. The Bertz CT molecular complexity index is 800. The van der Waals surface area contributed by atoms with Crippen molar-refractivity contribution in [3.8, 4) is 0 Å². The standard InChI is InChI=1S/C30H46O2/c1-7-28(31)32-23-15-17-29(5)22(19-23)11-12-24-26-14-13-25(21(4)10-8-9-20(2)3)30(26,6)18-16-27(24)29/h8-11,21,23-27H,7,12-19H2,1-6H3/b10-8+/t21-,23+,24+,25-,26+,27+,29+,30-/m1/s1. The second-order valence-electron chi connectivity index (χ2n) is 12.2. The molecular weight excluding hydrogens is 392 g/mol. The molecule has 2 nitrogen and oxygen atoms in total. The molecule has 0 heterocycles. The molecular formula is C30H46O2. The minimum Gasteiger partial charge on any atom is -0.462 e. The van der Waals surface area contributed by atoms with E-state index in [0.717, 1.165) is 36.5 Å². The van der Waals surface area contributed by atoms with Crippen LogP contribution in [0.15, 0.2) is 35.5 Å². The number of hydrogen-bond donors (Lipinski definition) is 0. The van der Waals surface area contributed by atoms with Gasteiger partial charge < -0.3 is 4.74 Å². The summed E-state index contributed by atoms with van der Waals surface area (Å²) in [5.74, 6) is 3.97. The van der Waals surface area contributed by atoms with Gasteiger partial charge in [0.25, 0.3) is 0 Å². The number of carbonyl (C=O) groups excluding carboxylic acids is 1. The normalized spacial score (nSPS) is 41.8. The Hall–Kier alpha value is -1.31. The maximum atomic E-state index is 11.8. The van der Waals surface area contributed by atoms with Crippen molar-refractivity contribution in [1.82, 2.24) is 0 Å². The summed E-state index contributed by atoms with van der Waals surface area (Å²) < 4.78 is 5.75. The van der Waals surface area contributed by atoms with E-state index in [2.05, 4.69) is 58.9 Å². The van der Waals surface area contributed by atoms with Gasteiger partial charge in [-0.1, -0.05) is 63.1 Å². The first-order chi connectivity index (χ1) is 15.2.